The number of nitrogens with two attached hydrogens (primary N) is 1. The molecule has 2 atom stereocenters. The van der Waals surface area contributed by atoms with Crippen molar-refractivity contribution in [2.24, 2.45) is 11.7 Å². The molecule has 0 spiro atoms. The van der Waals surface area contributed by atoms with Crippen LogP contribution < -0.4 is 5.73 Å². The molecular weight excluding hydrogens is 174 g/mol. The third-order valence-electron chi connectivity index (χ3n) is 2.87. The van der Waals surface area contributed by atoms with Crippen LogP contribution in [0.5, 0.6) is 0 Å². The highest BCUT2D eigenvalue weighted by atomic mass is 16.5. The van der Waals surface area contributed by atoms with Crippen LogP contribution >= 0.6 is 0 Å². The van der Waals surface area contributed by atoms with Crippen molar-refractivity contribution >= 4 is 0 Å². The minimum Gasteiger partial charge on any atom is -0.381 e. The average molecular weight is 191 g/mol. The molecule has 1 fully saturated rings. The summed E-state index contributed by atoms with van der Waals surface area (Å²) in [5.41, 5.74) is 7.41. The van der Waals surface area contributed by atoms with E-state index >= 15 is 0 Å². The minimum atomic E-state index is 0.309. The first kappa shape index (κ1) is 9.69. The van der Waals surface area contributed by atoms with Gasteiger partial charge in [0.2, 0.25) is 0 Å². The number of rotatable bonds is 2. The van der Waals surface area contributed by atoms with Crippen molar-refractivity contribution in [3.63, 3.8) is 0 Å². The van der Waals surface area contributed by atoms with E-state index in [9.17, 15) is 0 Å². The largest absolute Gasteiger partial charge is 0.381 e. The molecule has 1 aromatic carbocycles. The van der Waals surface area contributed by atoms with E-state index in [4.69, 9.17) is 10.5 Å². The molecule has 2 unspecified atom stereocenters. The first-order valence-electron chi connectivity index (χ1n) is 5.23. The van der Waals surface area contributed by atoms with Crippen molar-refractivity contribution in [2.45, 2.75) is 18.9 Å². The summed E-state index contributed by atoms with van der Waals surface area (Å²) in [6, 6.07) is 10.8. The quantitative estimate of drug-likeness (QED) is 0.770. The van der Waals surface area contributed by atoms with E-state index in [1.807, 2.05) is 6.07 Å². The maximum Gasteiger partial charge on any atom is 0.0512 e. The molecule has 0 bridgehead atoms. The molecule has 2 heteroatoms. The van der Waals surface area contributed by atoms with Crippen LogP contribution in [0.3, 0.4) is 0 Å². The van der Waals surface area contributed by atoms with Gasteiger partial charge in [-0.05, 0) is 18.4 Å². The van der Waals surface area contributed by atoms with E-state index in [1.165, 1.54) is 5.56 Å². The van der Waals surface area contributed by atoms with Crippen LogP contribution in [0.25, 0.3) is 0 Å². The molecule has 0 amide bonds. The fraction of sp³-hybridized carbons (Fsp3) is 0.500. The highest BCUT2D eigenvalue weighted by Crippen LogP contribution is 2.17. The van der Waals surface area contributed by atoms with E-state index in [2.05, 4.69) is 24.3 Å². The van der Waals surface area contributed by atoms with Crippen LogP contribution in [0, 0.1) is 5.92 Å². The van der Waals surface area contributed by atoms with Crippen molar-refractivity contribution in [2.75, 3.05) is 13.2 Å². The lowest BCUT2D eigenvalue weighted by atomic mass is 9.90. The molecule has 0 saturated carbocycles. The predicted molar refractivity (Wildman–Crippen MR) is 57.0 cm³/mol. The van der Waals surface area contributed by atoms with E-state index in [-0.39, 0.29) is 0 Å². The van der Waals surface area contributed by atoms with E-state index < -0.39 is 0 Å². The van der Waals surface area contributed by atoms with Crippen molar-refractivity contribution in [1.29, 1.82) is 0 Å². The zero-order chi connectivity index (χ0) is 9.80. The third-order valence-corrected chi connectivity index (χ3v) is 2.87. The van der Waals surface area contributed by atoms with Gasteiger partial charge in [-0.25, -0.2) is 0 Å². The minimum absolute atomic E-state index is 0.309. The Bertz CT molecular complexity index is 273. The lowest BCUT2D eigenvalue weighted by Gasteiger charge is -2.28. The van der Waals surface area contributed by atoms with Gasteiger partial charge >= 0.3 is 0 Å². The molecule has 14 heavy (non-hydrogen) atoms. The van der Waals surface area contributed by atoms with Gasteiger partial charge in [0, 0.05) is 18.6 Å². The maximum absolute atomic E-state index is 6.05. The molecule has 0 aliphatic carbocycles. The maximum atomic E-state index is 6.05. The molecule has 0 aromatic heterocycles. The Morgan fingerprint density at radius 2 is 2.07 bits per heavy atom. The van der Waals surface area contributed by atoms with Crippen LogP contribution in [-0.4, -0.2) is 19.3 Å². The average Bonchev–Trinajstić information content (AvgIpc) is 2.23. The third kappa shape index (κ3) is 2.34. The molecule has 1 heterocycles. The van der Waals surface area contributed by atoms with E-state index in [0.29, 0.717) is 12.0 Å². The van der Waals surface area contributed by atoms with Gasteiger partial charge in [-0.3, -0.25) is 0 Å². The highest BCUT2D eigenvalue weighted by molar-refractivity contribution is 5.15. The Kier molecular flexibility index (Phi) is 3.17. The number of benzene rings is 1. The summed E-state index contributed by atoms with van der Waals surface area (Å²) in [6.07, 6.45) is 2.04. The predicted octanol–water partition coefficient (Wildman–Crippen LogP) is 1.59. The van der Waals surface area contributed by atoms with Crippen LogP contribution in [0.15, 0.2) is 30.3 Å². The van der Waals surface area contributed by atoms with Crippen molar-refractivity contribution in [3.05, 3.63) is 35.9 Å². The topological polar surface area (TPSA) is 35.2 Å². The lowest BCUT2D eigenvalue weighted by molar-refractivity contribution is 0.0422. The SMILES string of the molecule is NC1CCOCC1Cc1ccccc1. The number of ether oxygens (including phenoxy) is 1. The summed E-state index contributed by atoms with van der Waals surface area (Å²) in [4.78, 5) is 0. The summed E-state index contributed by atoms with van der Waals surface area (Å²) in [5, 5.41) is 0. The molecule has 76 valence electrons. The molecule has 1 saturated heterocycles. The van der Waals surface area contributed by atoms with Gasteiger partial charge in [-0.1, -0.05) is 30.3 Å². The van der Waals surface area contributed by atoms with Crippen LogP contribution in [-0.2, 0) is 11.2 Å². The Morgan fingerprint density at radius 1 is 1.29 bits per heavy atom. The van der Waals surface area contributed by atoms with Crippen LogP contribution in [0.2, 0.25) is 0 Å². The first-order valence-corrected chi connectivity index (χ1v) is 5.23. The molecule has 2 N–H and O–H groups in total. The Hall–Kier alpha value is -0.860. The molecule has 1 aliphatic rings. The first-order chi connectivity index (χ1) is 6.86. The highest BCUT2D eigenvalue weighted by Gasteiger charge is 2.22. The Morgan fingerprint density at radius 3 is 2.79 bits per heavy atom. The fourth-order valence-corrected chi connectivity index (χ4v) is 1.94. The summed E-state index contributed by atoms with van der Waals surface area (Å²) in [6.45, 7) is 1.64. The molecule has 2 nitrogen and oxygen atoms in total. The van der Waals surface area contributed by atoms with Crippen LogP contribution in [0.1, 0.15) is 12.0 Å². The smallest absolute Gasteiger partial charge is 0.0512 e. The van der Waals surface area contributed by atoms with Gasteiger partial charge < -0.3 is 10.5 Å². The van der Waals surface area contributed by atoms with E-state index in [1.54, 1.807) is 0 Å². The Balaban J connectivity index is 1.96. The van der Waals surface area contributed by atoms with Crippen molar-refractivity contribution in [3.8, 4) is 0 Å². The fourth-order valence-electron chi connectivity index (χ4n) is 1.94. The number of hydrogen-bond donors (Lipinski definition) is 1. The zero-order valence-electron chi connectivity index (χ0n) is 8.36. The van der Waals surface area contributed by atoms with Gasteiger partial charge in [0.05, 0.1) is 6.61 Å². The standard InChI is InChI=1S/C12H17NO/c13-12-6-7-14-9-11(12)8-10-4-2-1-3-5-10/h1-5,11-12H,6-9,13H2. The van der Waals surface area contributed by atoms with Gasteiger partial charge in [-0.15, -0.1) is 0 Å². The summed E-state index contributed by atoms with van der Waals surface area (Å²) in [5.74, 6) is 0.492. The molecule has 0 radical (unpaired) electrons. The second-order valence-electron chi connectivity index (χ2n) is 3.98. The van der Waals surface area contributed by atoms with Crippen molar-refractivity contribution < 1.29 is 4.74 Å². The van der Waals surface area contributed by atoms with E-state index in [0.717, 1.165) is 26.1 Å². The van der Waals surface area contributed by atoms with Crippen LogP contribution in [0.4, 0.5) is 0 Å². The van der Waals surface area contributed by atoms with Gasteiger partial charge in [0.1, 0.15) is 0 Å². The van der Waals surface area contributed by atoms with Gasteiger partial charge in [0.15, 0.2) is 0 Å². The summed E-state index contributed by atoms with van der Waals surface area (Å²) in [7, 11) is 0. The Labute approximate surface area is 85.1 Å². The molecule has 2 rings (SSSR count). The second kappa shape index (κ2) is 4.58. The number of hydrogen-bond acceptors (Lipinski definition) is 2. The second-order valence-corrected chi connectivity index (χ2v) is 3.98. The lowest BCUT2D eigenvalue weighted by Crippen LogP contribution is -2.39. The van der Waals surface area contributed by atoms with Gasteiger partial charge in [0.25, 0.3) is 0 Å². The zero-order valence-corrected chi connectivity index (χ0v) is 8.36. The monoisotopic (exact) mass is 191 g/mol. The van der Waals surface area contributed by atoms with Gasteiger partial charge in [-0.2, -0.15) is 0 Å². The molecule has 1 aliphatic heterocycles. The van der Waals surface area contributed by atoms with Crippen molar-refractivity contribution in [1.82, 2.24) is 0 Å². The normalized spacial score (nSPS) is 27.5. The molecule has 1 aromatic rings. The summed E-state index contributed by atoms with van der Waals surface area (Å²) < 4.78 is 5.44. The summed E-state index contributed by atoms with van der Waals surface area (Å²) >= 11 is 0. The molecular formula is C12H17NO.